The molecule has 0 aliphatic carbocycles. The average molecular weight is 510 g/mol. The molecule has 2 N–H and O–H groups in total. The number of anilines is 1. The molecule has 0 heterocycles. The highest BCUT2D eigenvalue weighted by atomic mass is 79.9. The molecule has 3 rings (SSSR count). The summed E-state index contributed by atoms with van der Waals surface area (Å²) < 4.78 is 11.7. The number of methoxy groups -OCH3 is 1. The molecule has 2 amide bonds. The molecule has 7 nitrogen and oxygen atoms in total. The number of amides is 2. The maximum Gasteiger partial charge on any atom is 0.252 e. The average Bonchev–Trinajstić information content (AvgIpc) is 2.84. The van der Waals surface area contributed by atoms with Crippen molar-refractivity contribution in [1.82, 2.24) is 5.43 Å². The van der Waals surface area contributed by atoms with Crippen LogP contribution in [0.2, 0.25) is 0 Å². The summed E-state index contributed by atoms with van der Waals surface area (Å²) >= 11 is 3.49. The van der Waals surface area contributed by atoms with Crippen molar-refractivity contribution in [3.8, 4) is 11.5 Å². The zero-order valence-electron chi connectivity index (χ0n) is 18.2. The Morgan fingerprint density at radius 3 is 2.42 bits per heavy atom. The second kappa shape index (κ2) is 11.8. The van der Waals surface area contributed by atoms with Gasteiger partial charge in [-0.15, -0.1) is 0 Å². The summed E-state index contributed by atoms with van der Waals surface area (Å²) in [7, 11) is 1.56. The number of hydrogen-bond acceptors (Lipinski definition) is 5. The Balaban J connectivity index is 1.50. The monoisotopic (exact) mass is 509 g/mol. The van der Waals surface area contributed by atoms with E-state index in [4.69, 9.17) is 9.47 Å². The van der Waals surface area contributed by atoms with E-state index in [-0.39, 0.29) is 0 Å². The summed E-state index contributed by atoms with van der Waals surface area (Å²) in [5.74, 6) is -0.501. The Bertz CT molecular complexity index is 1120. The fraction of sp³-hybridized carbons (Fsp3) is 0.160. The van der Waals surface area contributed by atoms with Crippen LogP contribution in [-0.4, -0.2) is 25.1 Å². The lowest BCUT2D eigenvalue weighted by Crippen LogP contribution is -2.34. The van der Waals surface area contributed by atoms with E-state index >= 15 is 0 Å². The molecule has 0 aliphatic heterocycles. The molecule has 0 aliphatic rings. The second-order valence-electron chi connectivity index (χ2n) is 7.14. The maximum atomic E-state index is 12.3. The predicted molar refractivity (Wildman–Crippen MR) is 131 cm³/mol. The Morgan fingerprint density at radius 2 is 1.76 bits per heavy atom. The van der Waals surface area contributed by atoms with E-state index in [1.165, 1.54) is 13.1 Å². The molecule has 0 saturated heterocycles. The summed E-state index contributed by atoms with van der Waals surface area (Å²) in [5.41, 5.74) is 4.80. The van der Waals surface area contributed by atoms with Gasteiger partial charge < -0.3 is 14.8 Å². The predicted octanol–water partition coefficient (Wildman–Crippen LogP) is 4.76. The number of nitrogens with one attached hydrogen (secondary N) is 2. The van der Waals surface area contributed by atoms with Crippen LogP contribution in [0.5, 0.6) is 11.5 Å². The molecule has 1 atom stereocenters. The van der Waals surface area contributed by atoms with Gasteiger partial charge in [0.15, 0.2) is 0 Å². The van der Waals surface area contributed by atoms with Gasteiger partial charge in [-0.3, -0.25) is 9.59 Å². The normalized spacial score (nSPS) is 11.6. The highest BCUT2D eigenvalue weighted by molar-refractivity contribution is 9.10. The molecule has 170 valence electrons. The van der Waals surface area contributed by atoms with Gasteiger partial charge in [-0.1, -0.05) is 30.3 Å². The van der Waals surface area contributed by atoms with Crippen LogP contribution in [0, 0.1) is 5.92 Å². The Kier molecular flexibility index (Phi) is 8.60. The van der Waals surface area contributed by atoms with Crippen LogP contribution in [0.4, 0.5) is 5.69 Å². The van der Waals surface area contributed by atoms with Crippen molar-refractivity contribution >= 4 is 39.6 Å². The van der Waals surface area contributed by atoms with Crippen LogP contribution < -0.4 is 20.2 Å². The number of ether oxygens (including phenoxy) is 2. The third-order valence-electron chi connectivity index (χ3n) is 4.73. The maximum absolute atomic E-state index is 12.3. The first-order chi connectivity index (χ1) is 16.0. The number of carbonyl (C=O) groups is 2. The molecule has 3 aromatic carbocycles. The van der Waals surface area contributed by atoms with Crippen LogP contribution in [0.15, 0.2) is 82.4 Å². The van der Waals surface area contributed by atoms with Gasteiger partial charge in [0.05, 0.1) is 17.8 Å². The topological polar surface area (TPSA) is 89.0 Å². The highest BCUT2D eigenvalue weighted by Crippen LogP contribution is 2.26. The van der Waals surface area contributed by atoms with E-state index in [9.17, 15) is 9.59 Å². The van der Waals surface area contributed by atoms with Crippen molar-refractivity contribution in [3.63, 3.8) is 0 Å². The molecular formula is C25H24BrN3O4. The van der Waals surface area contributed by atoms with E-state index in [1.54, 1.807) is 31.4 Å². The van der Waals surface area contributed by atoms with Gasteiger partial charge >= 0.3 is 0 Å². The van der Waals surface area contributed by atoms with Crippen LogP contribution in [0.3, 0.4) is 0 Å². The van der Waals surface area contributed by atoms with Crippen LogP contribution >= 0.6 is 15.9 Å². The van der Waals surface area contributed by atoms with Gasteiger partial charge in [-0.05, 0) is 76.4 Å². The first-order valence-corrected chi connectivity index (χ1v) is 11.0. The zero-order chi connectivity index (χ0) is 23.6. The number of rotatable bonds is 9. The lowest BCUT2D eigenvalue weighted by atomic mass is 10.1. The fourth-order valence-corrected chi connectivity index (χ4v) is 3.27. The number of halogens is 1. The van der Waals surface area contributed by atoms with Crippen molar-refractivity contribution < 1.29 is 19.1 Å². The summed E-state index contributed by atoms with van der Waals surface area (Å²) in [6.07, 6.45) is 1.50. The summed E-state index contributed by atoms with van der Waals surface area (Å²) in [6.45, 7) is 1.97. The lowest BCUT2D eigenvalue weighted by molar-refractivity contribution is -0.131. The first-order valence-electron chi connectivity index (χ1n) is 10.2. The molecule has 3 aromatic rings. The van der Waals surface area contributed by atoms with Crippen molar-refractivity contribution in [3.05, 3.63) is 88.4 Å². The fourth-order valence-electron chi connectivity index (χ4n) is 2.76. The number of hydrazone groups is 1. The van der Waals surface area contributed by atoms with Gasteiger partial charge in [0.2, 0.25) is 5.91 Å². The SMILES string of the molecule is COc1ccc(NC(=O)C(C)C(=O)NN=Cc2ccc(OCc3ccccc3)c(Br)c2)cc1. The standard InChI is InChI=1S/C25H24BrN3O4/c1-17(24(30)28-20-9-11-21(32-2)12-10-20)25(31)29-27-15-19-8-13-23(22(26)14-19)33-16-18-6-4-3-5-7-18/h3-15,17H,16H2,1-2H3,(H,28,30)(H,29,31). The van der Waals surface area contributed by atoms with Crippen molar-refractivity contribution in [1.29, 1.82) is 0 Å². The van der Waals surface area contributed by atoms with Crippen LogP contribution in [0.1, 0.15) is 18.1 Å². The van der Waals surface area contributed by atoms with Crippen molar-refractivity contribution in [2.75, 3.05) is 12.4 Å². The molecule has 0 aromatic heterocycles. The number of hydrogen-bond donors (Lipinski definition) is 2. The van der Waals surface area contributed by atoms with E-state index in [0.717, 1.165) is 15.6 Å². The Labute approximate surface area is 200 Å². The van der Waals surface area contributed by atoms with E-state index in [0.29, 0.717) is 23.8 Å². The highest BCUT2D eigenvalue weighted by Gasteiger charge is 2.21. The summed E-state index contributed by atoms with van der Waals surface area (Å²) in [5, 5.41) is 6.65. The molecule has 33 heavy (non-hydrogen) atoms. The molecule has 1 unspecified atom stereocenters. The lowest BCUT2D eigenvalue weighted by Gasteiger charge is -2.11. The minimum atomic E-state index is -0.926. The largest absolute Gasteiger partial charge is 0.497 e. The minimum absolute atomic E-state index is 0.435. The van der Waals surface area contributed by atoms with Crippen molar-refractivity contribution in [2.24, 2.45) is 11.0 Å². The summed E-state index contributed by atoms with van der Waals surface area (Å²) in [6, 6.07) is 22.2. The zero-order valence-corrected chi connectivity index (χ0v) is 19.8. The number of benzene rings is 3. The van der Waals surface area contributed by atoms with Crippen LogP contribution in [0.25, 0.3) is 0 Å². The van der Waals surface area contributed by atoms with Gasteiger partial charge in [-0.2, -0.15) is 5.10 Å². The first kappa shape index (κ1) is 24.0. The molecule has 0 fully saturated rings. The molecule has 0 saturated carbocycles. The van der Waals surface area contributed by atoms with Crippen molar-refractivity contribution in [2.45, 2.75) is 13.5 Å². The van der Waals surface area contributed by atoms with E-state index in [1.807, 2.05) is 48.5 Å². The molecular weight excluding hydrogens is 486 g/mol. The molecule has 0 bridgehead atoms. The molecule has 8 heteroatoms. The van der Waals surface area contributed by atoms with E-state index < -0.39 is 17.7 Å². The van der Waals surface area contributed by atoms with Crippen LogP contribution in [-0.2, 0) is 16.2 Å². The Hall–Kier alpha value is -3.65. The van der Waals surface area contributed by atoms with Gasteiger partial charge in [-0.25, -0.2) is 5.43 Å². The van der Waals surface area contributed by atoms with E-state index in [2.05, 4.69) is 31.8 Å². The third-order valence-corrected chi connectivity index (χ3v) is 5.35. The number of carbonyl (C=O) groups excluding carboxylic acids is 2. The third kappa shape index (κ3) is 7.18. The number of nitrogens with zero attached hydrogens (tertiary/aromatic N) is 1. The Morgan fingerprint density at radius 1 is 1.03 bits per heavy atom. The van der Waals surface area contributed by atoms with Gasteiger partial charge in [0.25, 0.3) is 5.91 Å². The molecule has 0 spiro atoms. The summed E-state index contributed by atoms with van der Waals surface area (Å²) in [4.78, 5) is 24.6. The quantitative estimate of drug-likeness (QED) is 0.247. The minimum Gasteiger partial charge on any atom is -0.497 e. The van der Waals surface area contributed by atoms with Gasteiger partial charge in [0, 0.05) is 5.69 Å². The van der Waals surface area contributed by atoms with Gasteiger partial charge in [0.1, 0.15) is 24.0 Å². The molecule has 0 radical (unpaired) electrons. The second-order valence-corrected chi connectivity index (χ2v) is 7.99. The smallest absolute Gasteiger partial charge is 0.252 e.